The Morgan fingerprint density at radius 2 is 1.79 bits per heavy atom. The van der Waals surface area contributed by atoms with Gasteiger partial charge in [-0.25, -0.2) is 0 Å². The summed E-state index contributed by atoms with van der Waals surface area (Å²) in [6.07, 6.45) is 3.18. The molecule has 2 aromatic carbocycles. The summed E-state index contributed by atoms with van der Waals surface area (Å²) in [5.41, 5.74) is 3.40. The third-order valence-corrected chi connectivity index (χ3v) is 5.48. The Bertz CT molecular complexity index is 929. The highest BCUT2D eigenvalue weighted by molar-refractivity contribution is 5.80. The maximum Gasteiger partial charge on any atom is 0.248 e. The largest absolute Gasteiger partial charge is 0.344 e. The van der Waals surface area contributed by atoms with E-state index in [1.807, 2.05) is 42.2 Å². The first kappa shape index (κ1) is 19.1. The topological polar surface area (TPSA) is 75.9 Å². The Labute approximate surface area is 170 Å². The highest BCUT2D eigenvalue weighted by Gasteiger charge is 2.23. The van der Waals surface area contributed by atoms with E-state index in [4.69, 9.17) is 0 Å². The van der Waals surface area contributed by atoms with Crippen molar-refractivity contribution < 1.29 is 4.79 Å². The summed E-state index contributed by atoms with van der Waals surface area (Å²) in [7, 11) is 0. The number of carbonyl (C=O) groups excluding carboxylic acids is 1. The molecule has 150 valence electrons. The van der Waals surface area contributed by atoms with Crippen LogP contribution in [0.25, 0.3) is 5.69 Å². The molecule has 1 aliphatic heterocycles. The van der Waals surface area contributed by atoms with Crippen molar-refractivity contribution in [1.82, 2.24) is 25.1 Å². The van der Waals surface area contributed by atoms with E-state index in [0.717, 1.165) is 38.0 Å². The van der Waals surface area contributed by atoms with Gasteiger partial charge in [-0.3, -0.25) is 4.79 Å². The standard InChI is InChI=1S/C22H26N6O/c1-17-7-9-20(10-8-17)28-22(24-25-26-28)23-16-21(29)27-13-11-19(12-14-27)15-18-5-3-2-4-6-18/h2-10,19H,11-16H2,1H3,(H,23,24,26). The molecule has 1 fully saturated rings. The van der Waals surface area contributed by atoms with Crippen molar-refractivity contribution >= 4 is 11.9 Å². The number of likely N-dealkylation sites (tertiary alicyclic amines) is 1. The number of carbonyl (C=O) groups is 1. The van der Waals surface area contributed by atoms with Crippen LogP contribution in [0, 0.1) is 12.8 Å². The van der Waals surface area contributed by atoms with Gasteiger partial charge in [0.2, 0.25) is 11.9 Å². The molecule has 0 radical (unpaired) electrons. The molecule has 0 saturated carbocycles. The Kier molecular flexibility index (Phi) is 5.84. The van der Waals surface area contributed by atoms with Crippen molar-refractivity contribution in [2.24, 2.45) is 5.92 Å². The number of aryl methyl sites for hydroxylation is 1. The van der Waals surface area contributed by atoms with Crippen molar-refractivity contribution in [2.75, 3.05) is 25.0 Å². The van der Waals surface area contributed by atoms with Crippen LogP contribution < -0.4 is 5.32 Å². The van der Waals surface area contributed by atoms with Crippen LogP contribution in [0.1, 0.15) is 24.0 Å². The van der Waals surface area contributed by atoms with Crippen molar-refractivity contribution in [3.63, 3.8) is 0 Å². The second kappa shape index (κ2) is 8.86. The Balaban J connectivity index is 1.28. The maximum atomic E-state index is 12.6. The molecule has 1 aliphatic rings. The van der Waals surface area contributed by atoms with Crippen LogP contribution in [0.3, 0.4) is 0 Å². The van der Waals surface area contributed by atoms with Crippen molar-refractivity contribution in [1.29, 1.82) is 0 Å². The quantitative estimate of drug-likeness (QED) is 0.700. The molecule has 1 N–H and O–H groups in total. The van der Waals surface area contributed by atoms with Crippen LogP contribution in [-0.4, -0.2) is 50.6 Å². The smallest absolute Gasteiger partial charge is 0.248 e. The average Bonchev–Trinajstić information content (AvgIpc) is 3.22. The van der Waals surface area contributed by atoms with E-state index >= 15 is 0 Å². The zero-order valence-electron chi connectivity index (χ0n) is 16.7. The van der Waals surface area contributed by atoms with E-state index in [2.05, 4.69) is 45.1 Å². The first-order chi connectivity index (χ1) is 14.2. The summed E-state index contributed by atoms with van der Waals surface area (Å²) in [6.45, 7) is 3.83. The fourth-order valence-electron chi connectivity index (χ4n) is 3.76. The molecule has 7 heteroatoms. The average molecular weight is 390 g/mol. The van der Waals surface area contributed by atoms with Crippen LogP contribution >= 0.6 is 0 Å². The molecule has 0 aliphatic carbocycles. The van der Waals surface area contributed by atoms with Gasteiger partial charge >= 0.3 is 0 Å². The molecule has 0 bridgehead atoms. The monoisotopic (exact) mass is 390 g/mol. The van der Waals surface area contributed by atoms with E-state index in [0.29, 0.717) is 11.9 Å². The van der Waals surface area contributed by atoms with Gasteiger partial charge in [0.05, 0.1) is 12.2 Å². The van der Waals surface area contributed by atoms with E-state index in [9.17, 15) is 4.79 Å². The molecular formula is C22H26N6O. The molecule has 2 heterocycles. The van der Waals surface area contributed by atoms with E-state index in [1.54, 1.807) is 4.68 Å². The van der Waals surface area contributed by atoms with Crippen LogP contribution in [0.2, 0.25) is 0 Å². The van der Waals surface area contributed by atoms with Gasteiger partial charge in [-0.2, -0.15) is 4.68 Å². The minimum atomic E-state index is 0.0848. The molecule has 1 amide bonds. The maximum absolute atomic E-state index is 12.6. The fourth-order valence-corrected chi connectivity index (χ4v) is 3.76. The van der Waals surface area contributed by atoms with Crippen molar-refractivity contribution in [2.45, 2.75) is 26.2 Å². The normalized spacial score (nSPS) is 14.7. The Hall–Kier alpha value is -3.22. The van der Waals surface area contributed by atoms with Gasteiger partial charge in [-0.15, -0.1) is 0 Å². The van der Waals surface area contributed by atoms with Gasteiger partial charge in [0.1, 0.15) is 0 Å². The molecule has 29 heavy (non-hydrogen) atoms. The third kappa shape index (κ3) is 4.80. The first-order valence-electron chi connectivity index (χ1n) is 10.1. The van der Waals surface area contributed by atoms with Gasteiger partial charge in [0.25, 0.3) is 0 Å². The highest BCUT2D eigenvalue weighted by atomic mass is 16.2. The fraction of sp³-hybridized carbons (Fsp3) is 0.364. The van der Waals surface area contributed by atoms with E-state index < -0.39 is 0 Å². The second-order valence-corrected chi connectivity index (χ2v) is 7.62. The van der Waals surface area contributed by atoms with Crippen LogP contribution in [-0.2, 0) is 11.2 Å². The lowest BCUT2D eigenvalue weighted by atomic mass is 9.90. The Morgan fingerprint density at radius 1 is 1.07 bits per heavy atom. The van der Waals surface area contributed by atoms with Crippen LogP contribution in [0.15, 0.2) is 54.6 Å². The molecule has 0 spiro atoms. The summed E-state index contributed by atoms with van der Waals surface area (Å²) in [6, 6.07) is 18.5. The number of tetrazole rings is 1. The molecule has 1 aromatic heterocycles. The van der Waals surface area contributed by atoms with Gasteiger partial charge in [-0.1, -0.05) is 53.1 Å². The number of amides is 1. The molecule has 1 saturated heterocycles. The van der Waals surface area contributed by atoms with Crippen molar-refractivity contribution in [3.8, 4) is 5.69 Å². The van der Waals surface area contributed by atoms with E-state index in [1.165, 1.54) is 11.1 Å². The minimum absolute atomic E-state index is 0.0848. The summed E-state index contributed by atoms with van der Waals surface area (Å²) in [5.74, 6) is 1.20. The first-order valence-corrected chi connectivity index (χ1v) is 10.1. The number of anilines is 1. The van der Waals surface area contributed by atoms with Gasteiger partial charge in [0.15, 0.2) is 0 Å². The number of hydrogen-bond acceptors (Lipinski definition) is 5. The minimum Gasteiger partial charge on any atom is -0.344 e. The molecule has 4 rings (SSSR count). The predicted molar refractivity (Wildman–Crippen MR) is 112 cm³/mol. The number of piperidine rings is 1. The molecule has 0 unspecified atom stereocenters. The lowest BCUT2D eigenvalue weighted by Crippen LogP contribution is -2.41. The van der Waals surface area contributed by atoms with Gasteiger partial charge < -0.3 is 10.2 Å². The zero-order chi connectivity index (χ0) is 20.1. The highest BCUT2D eigenvalue weighted by Crippen LogP contribution is 2.22. The number of benzene rings is 2. The summed E-state index contributed by atoms with van der Waals surface area (Å²) < 4.78 is 1.61. The lowest BCUT2D eigenvalue weighted by Gasteiger charge is -2.32. The number of rotatable bonds is 6. The number of nitrogens with zero attached hydrogens (tertiary/aromatic N) is 5. The third-order valence-electron chi connectivity index (χ3n) is 5.48. The predicted octanol–water partition coefficient (Wildman–Crippen LogP) is 2.86. The number of aromatic nitrogens is 4. The number of hydrogen-bond donors (Lipinski definition) is 1. The lowest BCUT2D eigenvalue weighted by molar-refractivity contribution is -0.130. The SMILES string of the molecule is Cc1ccc(-n2nnnc2NCC(=O)N2CCC(Cc3ccccc3)CC2)cc1. The van der Waals surface area contributed by atoms with Crippen LogP contribution in [0.5, 0.6) is 0 Å². The molecule has 0 atom stereocenters. The molecule has 7 nitrogen and oxygen atoms in total. The molecular weight excluding hydrogens is 364 g/mol. The van der Waals surface area contributed by atoms with Gasteiger partial charge in [-0.05, 0) is 60.2 Å². The zero-order valence-corrected chi connectivity index (χ0v) is 16.7. The van der Waals surface area contributed by atoms with Crippen molar-refractivity contribution in [3.05, 3.63) is 65.7 Å². The Morgan fingerprint density at radius 3 is 2.52 bits per heavy atom. The second-order valence-electron chi connectivity index (χ2n) is 7.62. The summed E-state index contributed by atoms with van der Waals surface area (Å²) in [4.78, 5) is 14.6. The molecule has 3 aromatic rings. The van der Waals surface area contributed by atoms with Crippen LogP contribution in [0.4, 0.5) is 5.95 Å². The summed E-state index contributed by atoms with van der Waals surface area (Å²) in [5, 5.41) is 14.9. The summed E-state index contributed by atoms with van der Waals surface area (Å²) >= 11 is 0. The number of nitrogens with one attached hydrogen (secondary N) is 1. The van der Waals surface area contributed by atoms with Gasteiger partial charge in [0, 0.05) is 13.1 Å². The van der Waals surface area contributed by atoms with E-state index in [-0.39, 0.29) is 12.5 Å².